The highest BCUT2D eigenvalue weighted by atomic mass is 16.6. The highest BCUT2D eigenvalue weighted by Gasteiger charge is 2.41. The first-order chi connectivity index (χ1) is 6.07. The molecule has 4 atom stereocenters. The molecule has 72 valence electrons. The molecule has 0 radical (unpaired) electrons. The van der Waals surface area contributed by atoms with E-state index >= 15 is 0 Å². The molecule has 1 heterocycles. The van der Waals surface area contributed by atoms with Gasteiger partial charge in [0.05, 0.1) is 0 Å². The van der Waals surface area contributed by atoms with Crippen molar-refractivity contribution in [2.45, 2.75) is 31.3 Å². The van der Waals surface area contributed by atoms with Crippen LogP contribution in [-0.2, 0) is 9.53 Å². The van der Waals surface area contributed by atoms with Crippen LogP contribution in [0, 0.1) is 0 Å². The summed E-state index contributed by atoms with van der Waals surface area (Å²) >= 11 is 0. The molecule has 0 amide bonds. The maximum atomic E-state index is 10.8. The molecule has 0 aromatic heterocycles. The number of hydrogen-bond acceptors (Lipinski definition) is 5. The van der Waals surface area contributed by atoms with E-state index in [4.69, 9.17) is 10.6 Å². The largest absolute Gasteiger partial charge is 0.460 e. The number of azide groups is 1. The fourth-order valence-corrected chi connectivity index (χ4v) is 1.15. The molecule has 7 nitrogen and oxygen atoms in total. The predicted octanol–water partition coefficient (Wildman–Crippen LogP) is -0.668. The Morgan fingerprint density at radius 2 is 2.23 bits per heavy atom. The average molecular weight is 187 g/mol. The molecule has 1 aliphatic heterocycles. The zero-order valence-corrected chi connectivity index (χ0v) is 6.86. The molecule has 0 bridgehead atoms. The Labute approximate surface area is 73.6 Å². The SMILES string of the molecule is C[C@H]1OC(=O)[C@@H](O)[C@@H](O)[C@@H]1N=[N+]=[N-]. The fraction of sp³-hybridized carbons (Fsp3) is 0.833. The van der Waals surface area contributed by atoms with Crippen molar-refractivity contribution < 1.29 is 19.7 Å². The van der Waals surface area contributed by atoms with Gasteiger partial charge in [-0.15, -0.1) is 0 Å². The first kappa shape index (κ1) is 9.79. The Balaban J connectivity index is 2.84. The molecular formula is C6H9N3O4. The maximum absolute atomic E-state index is 10.8. The van der Waals surface area contributed by atoms with Gasteiger partial charge in [-0.1, -0.05) is 5.11 Å². The number of cyclic esters (lactones) is 1. The molecule has 7 heteroatoms. The fourth-order valence-electron chi connectivity index (χ4n) is 1.15. The van der Waals surface area contributed by atoms with Gasteiger partial charge in [0.15, 0.2) is 6.10 Å². The highest BCUT2D eigenvalue weighted by molar-refractivity contribution is 5.76. The number of carbonyl (C=O) groups is 1. The van der Waals surface area contributed by atoms with Crippen molar-refractivity contribution in [1.82, 2.24) is 0 Å². The van der Waals surface area contributed by atoms with Crippen LogP contribution in [0.3, 0.4) is 0 Å². The average Bonchev–Trinajstić information content (AvgIpc) is 2.09. The molecule has 1 rings (SSSR count). The van der Waals surface area contributed by atoms with Crippen molar-refractivity contribution in [1.29, 1.82) is 0 Å². The zero-order valence-electron chi connectivity index (χ0n) is 6.86. The molecule has 1 aliphatic rings. The van der Waals surface area contributed by atoms with Gasteiger partial charge in [-0.3, -0.25) is 0 Å². The molecule has 0 aromatic rings. The summed E-state index contributed by atoms with van der Waals surface area (Å²) in [6.45, 7) is 1.48. The standard InChI is InChI=1S/C6H9N3O4/c1-2-3(8-9-7)4(10)5(11)6(12)13-2/h2-5,10-11H,1H3/t2-,3-,4+,5+/m1/s1. The summed E-state index contributed by atoms with van der Waals surface area (Å²) in [5.41, 5.74) is 8.13. The Bertz CT molecular complexity index is 263. The lowest BCUT2D eigenvalue weighted by Crippen LogP contribution is -2.53. The molecule has 0 spiro atoms. The van der Waals surface area contributed by atoms with Crippen molar-refractivity contribution >= 4 is 5.97 Å². The summed E-state index contributed by atoms with van der Waals surface area (Å²) in [5, 5.41) is 21.6. The smallest absolute Gasteiger partial charge is 0.337 e. The van der Waals surface area contributed by atoms with Gasteiger partial charge in [0.25, 0.3) is 0 Å². The van der Waals surface area contributed by atoms with Gasteiger partial charge in [0, 0.05) is 4.91 Å². The van der Waals surface area contributed by atoms with Gasteiger partial charge < -0.3 is 14.9 Å². The molecule has 1 saturated heterocycles. The number of carbonyl (C=O) groups excluding carboxylic acids is 1. The van der Waals surface area contributed by atoms with Crippen molar-refractivity contribution in [3.05, 3.63) is 10.4 Å². The van der Waals surface area contributed by atoms with E-state index < -0.39 is 30.3 Å². The van der Waals surface area contributed by atoms with E-state index in [9.17, 15) is 9.90 Å². The molecule has 13 heavy (non-hydrogen) atoms. The van der Waals surface area contributed by atoms with Crippen LogP contribution in [0.15, 0.2) is 5.11 Å². The summed E-state index contributed by atoms with van der Waals surface area (Å²) in [5.74, 6) is -0.899. The van der Waals surface area contributed by atoms with Crippen LogP contribution < -0.4 is 0 Å². The number of ether oxygens (including phenoxy) is 1. The van der Waals surface area contributed by atoms with Crippen LogP contribution in [0.2, 0.25) is 0 Å². The Morgan fingerprint density at radius 3 is 2.77 bits per heavy atom. The van der Waals surface area contributed by atoms with Crippen molar-refractivity contribution in [2.75, 3.05) is 0 Å². The van der Waals surface area contributed by atoms with E-state index in [0.717, 1.165) is 0 Å². The second-order valence-corrected chi connectivity index (χ2v) is 2.77. The van der Waals surface area contributed by atoms with Crippen molar-refractivity contribution in [2.24, 2.45) is 5.11 Å². The number of aliphatic hydroxyl groups excluding tert-OH is 2. The predicted molar refractivity (Wildman–Crippen MR) is 40.5 cm³/mol. The summed E-state index contributed by atoms with van der Waals surface area (Å²) in [7, 11) is 0. The minimum atomic E-state index is -1.63. The lowest BCUT2D eigenvalue weighted by Gasteiger charge is -2.32. The van der Waals surface area contributed by atoms with E-state index in [1.807, 2.05) is 0 Å². The normalized spacial score (nSPS) is 39.2. The van der Waals surface area contributed by atoms with Crippen LogP contribution >= 0.6 is 0 Å². The first-order valence-electron chi connectivity index (χ1n) is 3.68. The number of aliphatic hydroxyl groups is 2. The summed E-state index contributed by atoms with van der Waals surface area (Å²) in [6, 6.07) is -0.933. The van der Waals surface area contributed by atoms with E-state index in [0.29, 0.717) is 0 Å². The van der Waals surface area contributed by atoms with Gasteiger partial charge in [0.2, 0.25) is 0 Å². The number of esters is 1. The Kier molecular flexibility index (Phi) is 2.72. The van der Waals surface area contributed by atoms with Crippen LogP contribution in [0.5, 0.6) is 0 Å². The van der Waals surface area contributed by atoms with Gasteiger partial charge >= 0.3 is 5.97 Å². The summed E-state index contributed by atoms with van der Waals surface area (Å²) < 4.78 is 4.62. The molecule has 0 aromatic carbocycles. The van der Waals surface area contributed by atoms with Crippen LogP contribution in [-0.4, -0.2) is 40.5 Å². The van der Waals surface area contributed by atoms with E-state index in [-0.39, 0.29) is 0 Å². The Hall–Kier alpha value is -1.30. The monoisotopic (exact) mass is 187 g/mol. The molecule has 0 unspecified atom stereocenters. The van der Waals surface area contributed by atoms with Crippen LogP contribution in [0.1, 0.15) is 6.92 Å². The maximum Gasteiger partial charge on any atom is 0.337 e. The third-order valence-electron chi connectivity index (χ3n) is 1.88. The van der Waals surface area contributed by atoms with Crippen LogP contribution in [0.4, 0.5) is 0 Å². The molecular weight excluding hydrogens is 178 g/mol. The van der Waals surface area contributed by atoms with Crippen LogP contribution in [0.25, 0.3) is 10.4 Å². The second-order valence-electron chi connectivity index (χ2n) is 2.77. The third-order valence-corrected chi connectivity index (χ3v) is 1.88. The quantitative estimate of drug-likeness (QED) is 0.245. The first-order valence-corrected chi connectivity index (χ1v) is 3.68. The van der Waals surface area contributed by atoms with E-state index in [2.05, 4.69) is 14.8 Å². The summed E-state index contributed by atoms with van der Waals surface area (Å²) in [4.78, 5) is 13.3. The van der Waals surface area contributed by atoms with E-state index in [1.165, 1.54) is 6.92 Å². The third kappa shape index (κ3) is 1.72. The zero-order chi connectivity index (χ0) is 10.0. The molecule has 0 saturated carbocycles. The summed E-state index contributed by atoms with van der Waals surface area (Å²) in [6.07, 6.45) is -3.75. The minimum absolute atomic E-state index is 0.721. The second kappa shape index (κ2) is 3.61. The van der Waals surface area contributed by atoms with Gasteiger partial charge in [-0.25, -0.2) is 4.79 Å². The number of hydrogen-bond donors (Lipinski definition) is 2. The van der Waals surface area contributed by atoms with Gasteiger partial charge in [-0.05, 0) is 12.5 Å². The molecule has 2 N–H and O–H groups in total. The lowest BCUT2D eigenvalue weighted by molar-refractivity contribution is -0.180. The minimum Gasteiger partial charge on any atom is -0.460 e. The van der Waals surface area contributed by atoms with E-state index in [1.54, 1.807) is 0 Å². The van der Waals surface area contributed by atoms with Crippen molar-refractivity contribution in [3.63, 3.8) is 0 Å². The highest BCUT2D eigenvalue weighted by Crippen LogP contribution is 2.19. The topological polar surface area (TPSA) is 116 Å². The Morgan fingerprint density at radius 1 is 1.62 bits per heavy atom. The molecule has 1 fully saturated rings. The number of rotatable bonds is 1. The van der Waals surface area contributed by atoms with Crippen molar-refractivity contribution in [3.8, 4) is 0 Å². The molecule has 0 aliphatic carbocycles. The number of nitrogens with zero attached hydrogens (tertiary/aromatic N) is 3. The lowest BCUT2D eigenvalue weighted by atomic mass is 9.99. The van der Waals surface area contributed by atoms with Gasteiger partial charge in [0.1, 0.15) is 18.2 Å². The van der Waals surface area contributed by atoms with Gasteiger partial charge in [-0.2, -0.15) is 0 Å².